The zero-order chi connectivity index (χ0) is 18.4. The molecule has 3 fully saturated rings. The lowest BCUT2D eigenvalue weighted by Gasteiger charge is -2.46. The maximum Gasteiger partial charge on any atom is 0.512 e. The molecule has 0 radical (unpaired) electrons. The maximum atomic E-state index is 11.2. The van der Waals surface area contributed by atoms with Gasteiger partial charge >= 0.3 is 6.16 Å². The number of carbonyl (C=O) groups is 1. The number of ether oxygens (including phenoxy) is 1. The van der Waals surface area contributed by atoms with Crippen molar-refractivity contribution >= 4 is 35.1 Å². The van der Waals surface area contributed by atoms with Crippen molar-refractivity contribution in [1.29, 1.82) is 0 Å². The fraction of sp³-hybridized carbons (Fsp3) is 0.778. The van der Waals surface area contributed by atoms with Gasteiger partial charge in [-0.15, -0.1) is 0 Å². The summed E-state index contributed by atoms with van der Waals surface area (Å²) in [7, 11) is 0. The molecule has 0 aromatic heterocycles. The highest BCUT2D eigenvalue weighted by Crippen LogP contribution is 2.54. The van der Waals surface area contributed by atoms with Crippen LogP contribution in [0.25, 0.3) is 0 Å². The summed E-state index contributed by atoms with van der Waals surface area (Å²) in [5, 5.41) is 19.5. The third-order valence-corrected chi connectivity index (χ3v) is 8.19. The lowest BCUT2D eigenvalue weighted by Crippen LogP contribution is -2.59. The van der Waals surface area contributed by atoms with Crippen LogP contribution in [0.1, 0.15) is 45.4 Å². The van der Waals surface area contributed by atoms with Crippen molar-refractivity contribution in [2.45, 2.75) is 63.0 Å². The van der Waals surface area contributed by atoms with Gasteiger partial charge in [-0.3, -0.25) is 9.80 Å². The van der Waals surface area contributed by atoms with Crippen LogP contribution in [-0.2, 0) is 4.74 Å². The first-order chi connectivity index (χ1) is 12.5. The molecule has 4 atom stereocenters. The van der Waals surface area contributed by atoms with Crippen molar-refractivity contribution in [1.82, 2.24) is 9.80 Å². The fourth-order valence-corrected chi connectivity index (χ4v) is 7.08. The highest BCUT2D eigenvalue weighted by Gasteiger charge is 2.56. The smallest absolute Gasteiger partial charge is 0.449 e. The Morgan fingerprint density at radius 3 is 2.77 bits per heavy atom. The van der Waals surface area contributed by atoms with E-state index < -0.39 is 12.3 Å². The minimum absolute atomic E-state index is 0.0256. The van der Waals surface area contributed by atoms with E-state index in [4.69, 9.17) is 17.0 Å². The monoisotopic (exact) mass is 398 g/mol. The molecular weight excluding hydrogens is 372 g/mol. The molecule has 0 spiro atoms. The molecule has 26 heavy (non-hydrogen) atoms. The van der Waals surface area contributed by atoms with Crippen LogP contribution in [0, 0.1) is 11.8 Å². The third kappa shape index (κ3) is 3.04. The number of hydrogen-bond acceptors (Lipinski definition) is 6. The van der Waals surface area contributed by atoms with Gasteiger partial charge in [-0.05, 0) is 32.2 Å². The summed E-state index contributed by atoms with van der Waals surface area (Å²) < 4.78 is 5.18. The van der Waals surface area contributed by atoms with Crippen molar-refractivity contribution in [3.63, 3.8) is 0 Å². The Bertz CT molecular complexity index is 635. The molecule has 0 aromatic rings. The second-order valence-electron chi connectivity index (χ2n) is 7.67. The Morgan fingerprint density at radius 2 is 2.12 bits per heavy atom. The molecule has 2 saturated heterocycles. The summed E-state index contributed by atoms with van der Waals surface area (Å²) >= 11 is 7.14. The van der Waals surface area contributed by atoms with Crippen LogP contribution in [0.3, 0.4) is 0 Å². The van der Waals surface area contributed by atoms with E-state index in [1.165, 1.54) is 25.7 Å². The number of hydrogen-bond donors (Lipinski definition) is 2. The molecule has 0 bridgehead atoms. The fourth-order valence-electron chi connectivity index (χ4n) is 4.79. The zero-order valence-electron chi connectivity index (χ0n) is 15.0. The first kappa shape index (κ1) is 18.5. The number of fused-ring (bicyclic) bond motifs is 1. The van der Waals surface area contributed by atoms with Crippen LogP contribution in [0.15, 0.2) is 10.8 Å². The number of aliphatic hydroxyl groups is 1. The van der Waals surface area contributed by atoms with Gasteiger partial charge in [0.25, 0.3) is 0 Å². The van der Waals surface area contributed by atoms with Gasteiger partial charge in [0.1, 0.15) is 0 Å². The van der Waals surface area contributed by atoms with Gasteiger partial charge in [0.15, 0.2) is 0 Å². The van der Waals surface area contributed by atoms with Crippen LogP contribution in [0.2, 0.25) is 0 Å². The molecule has 1 saturated carbocycles. The van der Waals surface area contributed by atoms with Crippen molar-refractivity contribution in [2.24, 2.45) is 11.8 Å². The van der Waals surface area contributed by atoms with Crippen molar-refractivity contribution < 1.29 is 19.7 Å². The quantitative estimate of drug-likeness (QED) is 0.540. The van der Waals surface area contributed by atoms with Crippen LogP contribution in [-0.4, -0.2) is 61.8 Å². The molecule has 0 aromatic carbocycles. The number of thioether (sulfide) groups is 1. The van der Waals surface area contributed by atoms with Gasteiger partial charge in [-0.2, -0.15) is 0 Å². The molecule has 4 aliphatic rings. The number of likely N-dealkylation sites (tertiary alicyclic amines) is 1. The van der Waals surface area contributed by atoms with E-state index in [9.17, 15) is 15.0 Å². The SMILES string of the molecule is CC[C@H](O)[C@H]1C(=S)N2C(OC(=O)O)=C(C3CCN(C4CCCC4)C3)S[C@H]12. The first-order valence-electron chi connectivity index (χ1n) is 9.58. The number of carboxylic acid groups (broad SMARTS) is 1. The first-order valence-corrected chi connectivity index (χ1v) is 10.9. The maximum absolute atomic E-state index is 11.2. The molecule has 4 rings (SSSR count). The number of nitrogens with zero attached hydrogens (tertiary/aromatic N) is 2. The normalized spacial score (nSPS) is 33.5. The van der Waals surface area contributed by atoms with Crippen LogP contribution in [0.5, 0.6) is 0 Å². The Kier molecular flexibility index (Phi) is 5.20. The highest BCUT2D eigenvalue weighted by molar-refractivity contribution is 8.04. The number of rotatable bonds is 5. The van der Waals surface area contributed by atoms with Gasteiger partial charge in [-0.25, -0.2) is 4.79 Å². The topological polar surface area (TPSA) is 73.2 Å². The Morgan fingerprint density at radius 1 is 1.38 bits per heavy atom. The van der Waals surface area contributed by atoms with Crippen LogP contribution in [0.4, 0.5) is 4.79 Å². The predicted molar refractivity (Wildman–Crippen MR) is 104 cm³/mol. The Balaban J connectivity index is 1.53. The summed E-state index contributed by atoms with van der Waals surface area (Å²) in [5.41, 5.74) is 0. The van der Waals surface area contributed by atoms with E-state index in [1.54, 1.807) is 11.8 Å². The molecule has 0 amide bonds. The minimum atomic E-state index is -1.30. The Hall–Kier alpha value is -0.830. The summed E-state index contributed by atoms with van der Waals surface area (Å²) in [4.78, 5) is 17.2. The van der Waals surface area contributed by atoms with Crippen molar-refractivity contribution in [3.8, 4) is 0 Å². The van der Waals surface area contributed by atoms with Gasteiger partial charge in [0, 0.05) is 18.5 Å². The molecule has 2 N–H and O–H groups in total. The largest absolute Gasteiger partial charge is 0.512 e. The molecule has 3 aliphatic heterocycles. The van der Waals surface area contributed by atoms with E-state index in [0.29, 0.717) is 29.3 Å². The van der Waals surface area contributed by atoms with Gasteiger partial charge in [-0.1, -0.05) is 43.7 Å². The van der Waals surface area contributed by atoms with E-state index in [-0.39, 0.29) is 11.3 Å². The summed E-state index contributed by atoms with van der Waals surface area (Å²) in [6, 6.07) is 0.684. The van der Waals surface area contributed by atoms with Crippen molar-refractivity contribution in [2.75, 3.05) is 13.1 Å². The highest BCUT2D eigenvalue weighted by atomic mass is 32.2. The van der Waals surface area contributed by atoms with Gasteiger partial charge in [0.05, 0.1) is 27.3 Å². The third-order valence-electron chi connectivity index (χ3n) is 6.21. The summed E-state index contributed by atoms with van der Waals surface area (Å²) in [5.74, 6) is 0.593. The molecule has 144 valence electrons. The average Bonchev–Trinajstić information content (AvgIpc) is 3.32. The molecule has 1 unspecified atom stereocenters. The molecule has 3 heterocycles. The van der Waals surface area contributed by atoms with Gasteiger partial charge < -0.3 is 14.9 Å². The van der Waals surface area contributed by atoms with E-state index in [1.807, 2.05) is 11.8 Å². The standard InChI is InChI=1S/C18H26N2O4S2/c1-2-12(21)13-16(25)20-15(24-18(22)23)14(26-17(13)20)10-7-8-19(9-10)11-5-3-4-6-11/h10-13,17,21H,2-9H2,1H3,(H,22,23)/t10?,12-,13-,17+/m0/s1. The summed E-state index contributed by atoms with van der Waals surface area (Å²) in [6.07, 6.45) is 5.07. The molecule has 8 heteroatoms. The molecule has 6 nitrogen and oxygen atoms in total. The van der Waals surface area contributed by atoms with Gasteiger partial charge in [0.2, 0.25) is 5.88 Å². The van der Waals surface area contributed by atoms with E-state index >= 15 is 0 Å². The predicted octanol–water partition coefficient (Wildman–Crippen LogP) is 3.22. The summed E-state index contributed by atoms with van der Waals surface area (Å²) in [6.45, 7) is 3.97. The lowest BCUT2D eigenvalue weighted by atomic mass is 9.91. The van der Waals surface area contributed by atoms with E-state index in [2.05, 4.69) is 4.90 Å². The molecule has 1 aliphatic carbocycles. The van der Waals surface area contributed by atoms with Crippen molar-refractivity contribution in [3.05, 3.63) is 10.8 Å². The second-order valence-corrected chi connectivity index (χ2v) is 9.25. The second kappa shape index (κ2) is 7.30. The average molecular weight is 399 g/mol. The molecular formula is C18H26N2O4S2. The lowest BCUT2D eigenvalue weighted by molar-refractivity contribution is 0.0571. The number of aliphatic hydroxyl groups excluding tert-OH is 1. The van der Waals surface area contributed by atoms with Crippen LogP contribution >= 0.6 is 24.0 Å². The number of thiocarbonyl (C=S) groups is 1. The van der Waals surface area contributed by atoms with Crippen LogP contribution < -0.4 is 0 Å². The Labute approximate surface area is 163 Å². The zero-order valence-corrected chi connectivity index (χ0v) is 16.6. The minimum Gasteiger partial charge on any atom is -0.449 e. The van der Waals surface area contributed by atoms with E-state index in [0.717, 1.165) is 24.4 Å².